The quantitative estimate of drug-likeness (QED) is 0.768. The molecule has 0 saturated carbocycles. The molecule has 2 aromatic rings. The fraction of sp³-hybridized carbons (Fsp3) is 0.286. The first-order valence-corrected chi connectivity index (χ1v) is 8.34. The summed E-state index contributed by atoms with van der Waals surface area (Å²) in [4.78, 5) is 1.12. The SMILES string of the molecule is COc1cc(Br)c(C(O)Cc2cc(Br)cs2)cc1OC. The molecule has 0 amide bonds. The van der Waals surface area contributed by atoms with Gasteiger partial charge in [0.1, 0.15) is 0 Å². The fourth-order valence-corrected chi connectivity index (χ4v) is 3.96. The Kier molecular flexibility index (Phi) is 5.49. The molecule has 0 bridgehead atoms. The van der Waals surface area contributed by atoms with E-state index in [-0.39, 0.29) is 0 Å². The number of benzene rings is 1. The third kappa shape index (κ3) is 3.55. The molecule has 2 rings (SSSR count). The molecule has 0 aliphatic carbocycles. The van der Waals surface area contributed by atoms with Crippen LogP contribution < -0.4 is 9.47 Å². The average molecular weight is 422 g/mol. The predicted octanol–water partition coefficient (Wildman–Crippen LogP) is 4.57. The van der Waals surface area contributed by atoms with Crippen molar-refractivity contribution in [3.63, 3.8) is 0 Å². The lowest BCUT2D eigenvalue weighted by Gasteiger charge is -2.15. The summed E-state index contributed by atoms with van der Waals surface area (Å²) in [7, 11) is 3.17. The van der Waals surface area contributed by atoms with Gasteiger partial charge >= 0.3 is 0 Å². The van der Waals surface area contributed by atoms with Crippen molar-refractivity contribution in [1.29, 1.82) is 0 Å². The highest BCUT2D eigenvalue weighted by Gasteiger charge is 2.17. The fourth-order valence-electron chi connectivity index (χ4n) is 1.89. The van der Waals surface area contributed by atoms with Crippen LogP contribution in [0.1, 0.15) is 16.5 Å². The minimum atomic E-state index is -0.602. The Bertz CT molecular complexity index is 598. The number of rotatable bonds is 5. The predicted molar refractivity (Wildman–Crippen MR) is 87.9 cm³/mol. The van der Waals surface area contributed by atoms with Gasteiger partial charge in [0.2, 0.25) is 0 Å². The van der Waals surface area contributed by atoms with E-state index in [1.54, 1.807) is 31.6 Å². The summed E-state index contributed by atoms with van der Waals surface area (Å²) in [6, 6.07) is 5.63. The van der Waals surface area contributed by atoms with Crippen molar-refractivity contribution in [3.05, 3.63) is 43.0 Å². The van der Waals surface area contributed by atoms with Gasteiger partial charge in [-0.2, -0.15) is 0 Å². The number of thiophene rings is 1. The summed E-state index contributed by atoms with van der Waals surface area (Å²) in [5.41, 5.74) is 0.784. The Labute approximate surface area is 138 Å². The van der Waals surface area contributed by atoms with Crippen molar-refractivity contribution in [2.24, 2.45) is 0 Å². The van der Waals surface area contributed by atoms with E-state index in [1.807, 2.05) is 17.5 Å². The molecular weight excluding hydrogens is 408 g/mol. The Morgan fingerprint density at radius 2 is 1.80 bits per heavy atom. The van der Waals surface area contributed by atoms with Crippen LogP contribution in [-0.4, -0.2) is 19.3 Å². The number of methoxy groups -OCH3 is 2. The van der Waals surface area contributed by atoms with Crippen molar-refractivity contribution in [2.75, 3.05) is 14.2 Å². The molecular formula is C14H14Br2O3S. The lowest BCUT2D eigenvalue weighted by Crippen LogP contribution is -2.03. The molecule has 0 saturated heterocycles. The Hall–Kier alpha value is -0.560. The lowest BCUT2D eigenvalue weighted by molar-refractivity contribution is 0.178. The Morgan fingerprint density at radius 1 is 1.15 bits per heavy atom. The minimum absolute atomic E-state index is 0.560. The first-order valence-electron chi connectivity index (χ1n) is 5.87. The van der Waals surface area contributed by atoms with E-state index in [9.17, 15) is 5.11 Å². The molecule has 0 aliphatic rings. The van der Waals surface area contributed by atoms with Gasteiger partial charge in [0.15, 0.2) is 11.5 Å². The highest BCUT2D eigenvalue weighted by Crippen LogP contribution is 2.37. The molecule has 3 nitrogen and oxygen atoms in total. The third-order valence-corrected chi connectivity index (χ3v) is 5.28. The molecule has 1 aromatic heterocycles. The van der Waals surface area contributed by atoms with Crippen LogP contribution in [-0.2, 0) is 6.42 Å². The molecule has 0 spiro atoms. The largest absolute Gasteiger partial charge is 0.493 e. The molecule has 1 heterocycles. The van der Waals surface area contributed by atoms with E-state index in [1.165, 1.54) is 0 Å². The zero-order chi connectivity index (χ0) is 14.7. The van der Waals surface area contributed by atoms with Crippen LogP contribution in [0.25, 0.3) is 0 Å². The molecule has 6 heteroatoms. The molecule has 108 valence electrons. The normalized spacial score (nSPS) is 12.2. The maximum Gasteiger partial charge on any atom is 0.161 e. The lowest BCUT2D eigenvalue weighted by atomic mass is 10.1. The van der Waals surface area contributed by atoms with Crippen molar-refractivity contribution in [2.45, 2.75) is 12.5 Å². The molecule has 1 unspecified atom stereocenters. The summed E-state index contributed by atoms with van der Waals surface area (Å²) in [5.74, 6) is 1.24. The van der Waals surface area contributed by atoms with Gasteiger partial charge in [-0.3, -0.25) is 0 Å². The second-order valence-corrected chi connectivity index (χ2v) is 6.95. The van der Waals surface area contributed by atoms with Gasteiger partial charge in [-0.05, 0) is 39.7 Å². The van der Waals surface area contributed by atoms with E-state index in [2.05, 4.69) is 31.9 Å². The van der Waals surface area contributed by atoms with Crippen LogP contribution in [0.2, 0.25) is 0 Å². The van der Waals surface area contributed by atoms with Crippen LogP contribution in [0, 0.1) is 0 Å². The standard InChI is InChI=1S/C14H14Br2O3S/c1-18-13-5-10(11(16)6-14(13)19-2)12(17)4-9-3-8(15)7-20-9/h3,5-7,12,17H,4H2,1-2H3. The van der Waals surface area contributed by atoms with E-state index in [0.717, 1.165) is 19.4 Å². The van der Waals surface area contributed by atoms with Crippen molar-refractivity contribution in [3.8, 4) is 11.5 Å². The number of hydrogen-bond donors (Lipinski definition) is 1. The summed E-state index contributed by atoms with van der Waals surface area (Å²) >= 11 is 8.50. The van der Waals surface area contributed by atoms with Crippen LogP contribution in [0.4, 0.5) is 0 Å². The molecule has 0 aliphatic heterocycles. The van der Waals surface area contributed by atoms with Gasteiger partial charge in [0, 0.05) is 25.6 Å². The zero-order valence-electron chi connectivity index (χ0n) is 11.0. The van der Waals surface area contributed by atoms with E-state index >= 15 is 0 Å². The van der Waals surface area contributed by atoms with Gasteiger partial charge in [-0.1, -0.05) is 15.9 Å². The van der Waals surface area contributed by atoms with Crippen LogP contribution in [0.5, 0.6) is 11.5 Å². The van der Waals surface area contributed by atoms with E-state index in [4.69, 9.17) is 9.47 Å². The highest BCUT2D eigenvalue weighted by atomic mass is 79.9. The van der Waals surface area contributed by atoms with Gasteiger partial charge < -0.3 is 14.6 Å². The van der Waals surface area contributed by atoms with Gasteiger partial charge in [-0.25, -0.2) is 0 Å². The van der Waals surface area contributed by atoms with Crippen molar-refractivity contribution < 1.29 is 14.6 Å². The maximum atomic E-state index is 10.4. The number of ether oxygens (including phenoxy) is 2. The average Bonchev–Trinajstić information content (AvgIpc) is 2.83. The number of aliphatic hydroxyl groups excluding tert-OH is 1. The number of halogens is 2. The highest BCUT2D eigenvalue weighted by molar-refractivity contribution is 9.10. The second-order valence-electron chi connectivity index (χ2n) is 4.18. The van der Waals surface area contributed by atoms with E-state index < -0.39 is 6.10 Å². The summed E-state index contributed by atoms with van der Waals surface area (Å²) < 4.78 is 12.3. The molecule has 1 N–H and O–H groups in total. The summed E-state index contributed by atoms with van der Waals surface area (Å²) in [5, 5.41) is 12.4. The topological polar surface area (TPSA) is 38.7 Å². The zero-order valence-corrected chi connectivity index (χ0v) is 15.0. The van der Waals surface area contributed by atoms with Crippen molar-refractivity contribution in [1.82, 2.24) is 0 Å². The summed E-state index contributed by atoms with van der Waals surface area (Å²) in [6.45, 7) is 0. The minimum Gasteiger partial charge on any atom is -0.493 e. The smallest absolute Gasteiger partial charge is 0.161 e. The molecule has 1 aromatic carbocycles. The van der Waals surface area contributed by atoms with Crippen LogP contribution in [0.15, 0.2) is 32.5 Å². The van der Waals surface area contributed by atoms with Crippen molar-refractivity contribution >= 4 is 43.2 Å². The van der Waals surface area contributed by atoms with E-state index in [0.29, 0.717) is 17.9 Å². The van der Waals surface area contributed by atoms with Crippen LogP contribution in [0.3, 0.4) is 0 Å². The van der Waals surface area contributed by atoms with Crippen LogP contribution >= 0.6 is 43.2 Å². The Balaban J connectivity index is 2.27. The van der Waals surface area contributed by atoms with Gasteiger partial charge in [0.05, 0.1) is 20.3 Å². The first-order chi connectivity index (χ1) is 9.55. The molecule has 20 heavy (non-hydrogen) atoms. The monoisotopic (exact) mass is 420 g/mol. The first kappa shape index (κ1) is 15.8. The molecule has 0 fully saturated rings. The number of hydrogen-bond acceptors (Lipinski definition) is 4. The summed E-state index contributed by atoms with van der Waals surface area (Å²) in [6.07, 6.45) is -0.0422. The Morgan fingerprint density at radius 3 is 2.35 bits per heavy atom. The van der Waals surface area contributed by atoms with Gasteiger partial charge in [0.25, 0.3) is 0 Å². The second kappa shape index (κ2) is 6.93. The third-order valence-electron chi connectivity index (χ3n) is 2.88. The van der Waals surface area contributed by atoms with Gasteiger partial charge in [-0.15, -0.1) is 11.3 Å². The number of aliphatic hydroxyl groups is 1. The molecule has 1 atom stereocenters. The maximum absolute atomic E-state index is 10.4. The molecule has 0 radical (unpaired) electrons.